The van der Waals surface area contributed by atoms with Gasteiger partial charge in [-0.2, -0.15) is 4.98 Å². The molecule has 51 heavy (non-hydrogen) atoms. The van der Waals surface area contributed by atoms with Gasteiger partial charge >= 0.3 is 12.1 Å². The summed E-state index contributed by atoms with van der Waals surface area (Å²) in [6.07, 6.45) is 2.15. The van der Waals surface area contributed by atoms with Gasteiger partial charge in [0.05, 0.1) is 17.8 Å². The van der Waals surface area contributed by atoms with Crippen LogP contribution in [0.2, 0.25) is 5.15 Å². The van der Waals surface area contributed by atoms with Crippen LogP contribution in [0, 0.1) is 5.82 Å². The van der Waals surface area contributed by atoms with Gasteiger partial charge in [0, 0.05) is 69.2 Å². The lowest BCUT2D eigenvalue weighted by molar-refractivity contribution is -0.120. The molecule has 3 aromatic rings. The molecule has 1 aliphatic carbocycles. The van der Waals surface area contributed by atoms with E-state index in [-0.39, 0.29) is 34.7 Å². The Hall–Kier alpha value is -4.40. The fraction of sp³-hybridized carbons (Fsp3) is 0.543. The third-order valence-electron chi connectivity index (χ3n) is 9.00. The summed E-state index contributed by atoms with van der Waals surface area (Å²) in [5, 5.41) is 7.99. The van der Waals surface area contributed by atoms with Crippen molar-refractivity contribution in [2.24, 2.45) is 0 Å². The molecule has 2 amide bonds. The monoisotopic (exact) mass is 731 g/mol. The number of amides is 2. The SMILES string of the molecule is CC(C)N(C(=O)c1cc(F)ccc1Oc1nnc(Cl)c(N2CCC(Oc3ccnc4c3CCN(C(=O)OC(C)(C)C)C4)CC2)n1)C1CC(F)(F)C1. The third-order valence-corrected chi connectivity index (χ3v) is 9.24. The molecule has 2 fully saturated rings. The Bertz CT molecular complexity index is 1780. The second-order valence-electron chi connectivity index (χ2n) is 14.4. The molecule has 3 aliphatic rings. The summed E-state index contributed by atoms with van der Waals surface area (Å²) in [6, 6.07) is 3.92. The number of piperidine rings is 1. The van der Waals surface area contributed by atoms with Crippen molar-refractivity contribution in [3.05, 3.63) is 58.3 Å². The van der Waals surface area contributed by atoms with E-state index in [4.69, 9.17) is 25.8 Å². The smallest absolute Gasteiger partial charge is 0.410 e. The lowest BCUT2D eigenvalue weighted by Crippen LogP contribution is -2.55. The van der Waals surface area contributed by atoms with E-state index in [9.17, 15) is 22.8 Å². The molecule has 1 saturated carbocycles. The predicted octanol–water partition coefficient (Wildman–Crippen LogP) is 6.84. The van der Waals surface area contributed by atoms with Gasteiger partial charge in [0.25, 0.3) is 11.8 Å². The van der Waals surface area contributed by atoms with Crippen LogP contribution >= 0.6 is 11.6 Å². The Balaban J connectivity index is 1.11. The standard InChI is InChI=1S/C35H41ClF3N7O5/c1-20(2)46(22-17-35(38,39)18-22)31(47)25-16-21(37)6-7-27(25)50-32-41-30(29(36)42-43-32)44-13-9-23(10-14-44)49-28-8-12-40-26-19-45(15-11-24(26)28)33(48)51-34(3,4)5/h6-8,12,16,20,22-23H,9-11,13-15,17-19H2,1-5H3. The molecule has 16 heteroatoms. The van der Waals surface area contributed by atoms with Gasteiger partial charge < -0.3 is 28.9 Å². The molecule has 4 heterocycles. The molecule has 0 unspecified atom stereocenters. The maximum atomic E-state index is 14.4. The summed E-state index contributed by atoms with van der Waals surface area (Å²) < 4.78 is 59.7. The Morgan fingerprint density at radius 3 is 2.45 bits per heavy atom. The van der Waals surface area contributed by atoms with Crippen molar-refractivity contribution in [3.8, 4) is 17.5 Å². The highest BCUT2D eigenvalue weighted by Gasteiger charge is 2.50. The number of alkyl halides is 2. The summed E-state index contributed by atoms with van der Waals surface area (Å²) in [6.45, 7) is 10.8. The molecule has 0 spiro atoms. The number of fused-ring (bicyclic) bond motifs is 1. The van der Waals surface area contributed by atoms with Gasteiger partial charge in [-0.15, -0.1) is 5.10 Å². The van der Waals surface area contributed by atoms with Crippen molar-refractivity contribution in [1.29, 1.82) is 0 Å². The van der Waals surface area contributed by atoms with Gasteiger partial charge in [0.15, 0.2) is 11.0 Å². The van der Waals surface area contributed by atoms with Crippen LogP contribution in [0.15, 0.2) is 30.5 Å². The second-order valence-corrected chi connectivity index (χ2v) is 14.7. The van der Waals surface area contributed by atoms with Gasteiger partial charge in [0.1, 0.15) is 29.0 Å². The van der Waals surface area contributed by atoms with Crippen LogP contribution in [-0.4, -0.2) is 91.3 Å². The van der Waals surface area contributed by atoms with E-state index >= 15 is 0 Å². The van der Waals surface area contributed by atoms with Gasteiger partial charge in [-0.1, -0.05) is 16.7 Å². The van der Waals surface area contributed by atoms with Crippen molar-refractivity contribution < 1.29 is 37.0 Å². The van der Waals surface area contributed by atoms with E-state index in [0.29, 0.717) is 51.3 Å². The quantitative estimate of drug-likeness (QED) is 0.243. The molecule has 6 rings (SSSR count). The third kappa shape index (κ3) is 8.40. The topological polar surface area (TPSA) is 123 Å². The first-order valence-electron chi connectivity index (χ1n) is 17.0. The zero-order valence-electron chi connectivity index (χ0n) is 29.2. The molecule has 0 radical (unpaired) electrons. The number of carbonyl (C=O) groups excluding carboxylic acids is 2. The van der Waals surface area contributed by atoms with Crippen molar-refractivity contribution in [2.45, 2.75) is 103 Å². The van der Waals surface area contributed by atoms with Crippen LogP contribution in [0.1, 0.15) is 81.9 Å². The highest BCUT2D eigenvalue weighted by Crippen LogP contribution is 2.42. The van der Waals surface area contributed by atoms with Gasteiger partial charge in [-0.25, -0.2) is 18.0 Å². The number of rotatable bonds is 8. The normalized spacial score (nSPS) is 17.8. The number of aromatic nitrogens is 4. The van der Waals surface area contributed by atoms with Crippen LogP contribution in [0.3, 0.4) is 0 Å². The minimum Gasteiger partial charge on any atom is -0.490 e. The summed E-state index contributed by atoms with van der Waals surface area (Å²) in [7, 11) is 0. The first kappa shape index (κ1) is 36.4. The fourth-order valence-corrected chi connectivity index (χ4v) is 6.76. The van der Waals surface area contributed by atoms with Gasteiger partial charge in [-0.3, -0.25) is 9.78 Å². The second kappa shape index (κ2) is 14.3. The number of benzene rings is 1. The first-order chi connectivity index (χ1) is 24.1. The summed E-state index contributed by atoms with van der Waals surface area (Å²) >= 11 is 6.43. The number of nitrogens with zero attached hydrogens (tertiary/aromatic N) is 7. The van der Waals surface area contributed by atoms with E-state index in [1.165, 1.54) is 11.0 Å². The molecule has 1 aromatic carbocycles. The molecule has 12 nitrogen and oxygen atoms in total. The Morgan fingerprint density at radius 1 is 1.06 bits per heavy atom. The molecule has 2 aliphatic heterocycles. The first-order valence-corrected chi connectivity index (χ1v) is 17.4. The molecular formula is C35H41ClF3N7O5. The summed E-state index contributed by atoms with van der Waals surface area (Å²) in [5.74, 6) is -3.16. The zero-order chi connectivity index (χ0) is 36.7. The zero-order valence-corrected chi connectivity index (χ0v) is 29.9. The number of carbonyl (C=O) groups is 2. The van der Waals surface area contributed by atoms with E-state index in [1.54, 1.807) is 24.9 Å². The number of ether oxygens (including phenoxy) is 3. The van der Waals surface area contributed by atoms with Crippen LogP contribution in [-0.2, 0) is 17.7 Å². The Labute approximate surface area is 299 Å². The number of hydrogen-bond acceptors (Lipinski definition) is 10. The predicted molar refractivity (Wildman–Crippen MR) is 181 cm³/mol. The fourth-order valence-electron chi connectivity index (χ4n) is 6.56. The lowest BCUT2D eigenvalue weighted by Gasteiger charge is -2.44. The molecule has 0 atom stereocenters. The minimum absolute atomic E-state index is 0.0461. The van der Waals surface area contributed by atoms with E-state index < -0.39 is 48.2 Å². The highest BCUT2D eigenvalue weighted by atomic mass is 35.5. The lowest BCUT2D eigenvalue weighted by atomic mass is 9.85. The summed E-state index contributed by atoms with van der Waals surface area (Å²) in [5.41, 5.74) is 1.02. The average molecular weight is 732 g/mol. The van der Waals surface area contributed by atoms with Crippen molar-refractivity contribution >= 4 is 29.4 Å². The largest absolute Gasteiger partial charge is 0.490 e. The van der Waals surface area contributed by atoms with Crippen molar-refractivity contribution in [3.63, 3.8) is 0 Å². The summed E-state index contributed by atoms with van der Waals surface area (Å²) in [4.78, 5) is 40.1. The number of pyridine rings is 1. The van der Waals surface area contributed by atoms with Crippen LogP contribution in [0.25, 0.3) is 0 Å². The van der Waals surface area contributed by atoms with Crippen molar-refractivity contribution in [1.82, 2.24) is 30.0 Å². The van der Waals surface area contributed by atoms with Crippen LogP contribution in [0.5, 0.6) is 17.5 Å². The molecule has 0 bridgehead atoms. The highest BCUT2D eigenvalue weighted by molar-refractivity contribution is 6.31. The van der Waals surface area contributed by atoms with E-state index in [1.807, 2.05) is 31.7 Å². The Morgan fingerprint density at radius 2 is 1.78 bits per heavy atom. The van der Waals surface area contributed by atoms with Crippen LogP contribution < -0.4 is 14.4 Å². The molecule has 1 saturated heterocycles. The van der Waals surface area contributed by atoms with Gasteiger partial charge in [0.2, 0.25) is 0 Å². The molecule has 274 valence electrons. The minimum atomic E-state index is -2.84. The van der Waals surface area contributed by atoms with E-state index in [2.05, 4.69) is 20.2 Å². The van der Waals surface area contributed by atoms with Crippen molar-refractivity contribution in [2.75, 3.05) is 24.5 Å². The maximum Gasteiger partial charge on any atom is 0.410 e. The molecular weight excluding hydrogens is 691 g/mol. The number of anilines is 1. The Kier molecular flexibility index (Phi) is 10.2. The number of hydrogen-bond donors (Lipinski definition) is 0. The number of halogens is 4. The van der Waals surface area contributed by atoms with Gasteiger partial charge in [-0.05, 0) is 65.3 Å². The van der Waals surface area contributed by atoms with E-state index in [0.717, 1.165) is 29.1 Å². The molecule has 2 aromatic heterocycles. The van der Waals surface area contributed by atoms with Crippen LogP contribution in [0.4, 0.5) is 23.8 Å². The maximum absolute atomic E-state index is 14.4. The average Bonchev–Trinajstić information content (AvgIpc) is 3.05. The molecule has 0 N–H and O–H groups in total.